The highest BCUT2D eigenvalue weighted by atomic mass is 79.9. The van der Waals surface area contributed by atoms with E-state index >= 15 is 0 Å². The van der Waals surface area contributed by atoms with Gasteiger partial charge in [-0.05, 0) is 59.1 Å². The number of nitrogens with zero attached hydrogens (tertiary/aromatic N) is 1. The second-order valence-corrected chi connectivity index (χ2v) is 5.50. The second kappa shape index (κ2) is 7.50. The van der Waals surface area contributed by atoms with E-state index in [0.717, 1.165) is 24.9 Å². The van der Waals surface area contributed by atoms with E-state index in [9.17, 15) is 4.39 Å². The Morgan fingerprint density at radius 1 is 1.25 bits per heavy atom. The number of aromatic nitrogens is 1. The number of nitrogens with one attached hydrogen (secondary N) is 1. The zero-order valence-electron chi connectivity index (χ0n) is 11.4. The second-order valence-electron chi connectivity index (χ2n) is 4.65. The van der Waals surface area contributed by atoms with Crippen LogP contribution in [0.1, 0.15) is 30.5 Å². The molecule has 1 aromatic carbocycles. The Kier molecular flexibility index (Phi) is 5.68. The Hall–Kier alpha value is -1.26. The first kappa shape index (κ1) is 15.1. The van der Waals surface area contributed by atoms with Gasteiger partial charge in [0.15, 0.2) is 0 Å². The first-order valence-electron chi connectivity index (χ1n) is 6.78. The Balaban J connectivity index is 2.12. The summed E-state index contributed by atoms with van der Waals surface area (Å²) >= 11 is 3.25. The predicted octanol–water partition coefficient (Wildman–Crippen LogP) is 4.27. The third-order valence-electron chi connectivity index (χ3n) is 3.28. The van der Waals surface area contributed by atoms with Crippen LogP contribution in [-0.2, 0) is 6.42 Å². The summed E-state index contributed by atoms with van der Waals surface area (Å²) in [6, 6.07) is 9.47. The van der Waals surface area contributed by atoms with Gasteiger partial charge in [-0.15, -0.1) is 0 Å². The van der Waals surface area contributed by atoms with Crippen LogP contribution in [0.25, 0.3) is 0 Å². The Bertz CT molecular complexity index is 545. The van der Waals surface area contributed by atoms with Crippen molar-refractivity contribution < 1.29 is 4.39 Å². The van der Waals surface area contributed by atoms with E-state index in [0.29, 0.717) is 4.47 Å². The van der Waals surface area contributed by atoms with Crippen LogP contribution >= 0.6 is 15.9 Å². The molecular formula is C16H18BrFN2. The zero-order chi connectivity index (χ0) is 14.4. The molecule has 1 atom stereocenters. The van der Waals surface area contributed by atoms with Crippen molar-refractivity contribution in [1.29, 1.82) is 0 Å². The molecule has 4 heteroatoms. The van der Waals surface area contributed by atoms with E-state index < -0.39 is 0 Å². The van der Waals surface area contributed by atoms with Crippen LogP contribution in [0, 0.1) is 5.82 Å². The van der Waals surface area contributed by atoms with Crippen molar-refractivity contribution in [2.45, 2.75) is 25.8 Å². The van der Waals surface area contributed by atoms with E-state index in [1.165, 1.54) is 5.56 Å². The van der Waals surface area contributed by atoms with Gasteiger partial charge in [0.05, 0.1) is 4.47 Å². The van der Waals surface area contributed by atoms with E-state index in [1.54, 1.807) is 18.5 Å². The molecule has 0 aliphatic carbocycles. The van der Waals surface area contributed by atoms with Gasteiger partial charge in [-0.25, -0.2) is 4.39 Å². The standard InChI is InChI=1S/C16H18BrFN2/c1-2-20-15(7-6-12-8-10-19-11-9-12)13-4-3-5-14(17)16(13)18/h3-5,8-11,15,20H,2,6-7H2,1H3. The highest BCUT2D eigenvalue weighted by molar-refractivity contribution is 9.10. The van der Waals surface area contributed by atoms with Crippen molar-refractivity contribution in [1.82, 2.24) is 10.3 Å². The quantitative estimate of drug-likeness (QED) is 0.852. The topological polar surface area (TPSA) is 24.9 Å². The molecule has 1 aromatic heterocycles. The molecule has 0 saturated carbocycles. The lowest BCUT2D eigenvalue weighted by atomic mass is 9.99. The minimum Gasteiger partial charge on any atom is -0.310 e. The number of hydrogen-bond donors (Lipinski definition) is 1. The minimum absolute atomic E-state index is 0.0191. The molecule has 0 radical (unpaired) electrons. The molecule has 1 heterocycles. The van der Waals surface area contributed by atoms with Crippen LogP contribution in [0.2, 0.25) is 0 Å². The van der Waals surface area contributed by atoms with Gasteiger partial charge < -0.3 is 5.32 Å². The lowest BCUT2D eigenvalue weighted by molar-refractivity contribution is 0.483. The van der Waals surface area contributed by atoms with Gasteiger partial charge in [-0.2, -0.15) is 0 Å². The van der Waals surface area contributed by atoms with E-state index in [1.807, 2.05) is 31.2 Å². The summed E-state index contributed by atoms with van der Waals surface area (Å²) in [7, 11) is 0. The van der Waals surface area contributed by atoms with Crippen LogP contribution in [0.5, 0.6) is 0 Å². The SMILES string of the molecule is CCNC(CCc1ccncc1)c1cccc(Br)c1F. The fourth-order valence-electron chi connectivity index (χ4n) is 2.26. The molecule has 0 fully saturated rings. The molecule has 2 aromatic rings. The fourth-order valence-corrected chi connectivity index (χ4v) is 2.65. The summed E-state index contributed by atoms with van der Waals surface area (Å²) in [6.07, 6.45) is 5.33. The molecule has 0 spiro atoms. The van der Waals surface area contributed by atoms with E-state index in [2.05, 4.69) is 26.2 Å². The number of benzene rings is 1. The maximum atomic E-state index is 14.2. The van der Waals surface area contributed by atoms with Gasteiger partial charge in [0, 0.05) is 24.0 Å². The average Bonchev–Trinajstić information content (AvgIpc) is 2.48. The lowest BCUT2D eigenvalue weighted by Gasteiger charge is -2.19. The number of hydrogen-bond acceptors (Lipinski definition) is 2. The van der Waals surface area contributed by atoms with Crippen LogP contribution in [0.15, 0.2) is 47.2 Å². The van der Waals surface area contributed by atoms with Crippen molar-refractivity contribution in [3.63, 3.8) is 0 Å². The third kappa shape index (κ3) is 3.87. The smallest absolute Gasteiger partial charge is 0.142 e. The molecule has 2 rings (SSSR count). The molecular weight excluding hydrogens is 319 g/mol. The Morgan fingerprint density at radius 3 is 2.70 bits per heavy atom. The van der Waals surface area contributed by atoms with Crippen molar-refractivity contribution >= 4 is 15.9 Å². The summed E-state index contributed by atoms with van der Waals surface area (Å²) in [5.74, 6) is -0.173. The summed E-state index contributed by atoms with van der Waals surface area (Å²) in [6.45, 7) is 2.85. The van der Waals surface area contributed by atoms with E-state index in [-0.39, 0.29) is 11.9 Å². The van der Waals surface area contributed by atoms with Crippen LogP contribution in [0.4, 0.5) is 4.39 Å². The molecule has 0 amide bonds. The molecule has 0 aliphatic rings. The number of rotatable bonds is 6. The predicted molar refractivity (Wildman–Crippen MR) is 83.1 cm³/mol. The van der Waals surface area contributed by atoms with Crippen LogP contribution in [0.3, 0.4) is 0 Å². The van der Waals surface area contributed by atoms with Crippen LogP contribution in [-0.4, -0.2) is 11.5 Å². The normalized spacial score (nSPS) is 12.3. The van der Waals surface area contributed by atoms with Crippen molar-refractivity contribution in [3.8, 4) is 0 Å². The largest absolute Gasteiger partial charge is 0.310 e. The fraction of sp³-hybridized carbons (Fsp3) is 0.312. The Morgan fingerprint density at radius 2 is 2.00 bits per heavy atom. The van der Waals surface area contributed by atoms with Crippen molar-refractivity contribution in [3.05, 3.63) is 64.1 Å². The minimum atomic E-state index is -0.173. The molecule has 0 saturated heterocycles. The maximum Gasteiger partial charge on any atom is 0.142 e. The summed E-state index contributed by atoms with van der Waals surface area (Å²) < 4.78 is 14.7. The average molecular weight is 337 g/mol. The van der Waals surface area contributed by atoms with Gasteiger partial charge in [0.1, 0.15) is 5.82 Å². The first-order valence-corrected chi connectivity index (χ1v) is 7.58. The highest BCUT2D eigenvalue weighted by Crippen LogP contribution is 2.26. The molecule has 0 bridgehead atoms. The number of pyridine rings is 1. The number of aryl methyl sites for hydroxylation is 1. The molecule has 1 N–H and O–H groups in total. The molecule has 20 heavy (non-hydrogen) atoms. The zero-order valence-corrected chi connectivity index (χ0v) is 13.0. The van der Waals surface area contributed by atoms with Gasteiger partial charge >= 0.3 is 0 Å². The molecule has 106 valence electrons. The highest BCUT2D eigenvalue weighted by Gasteiger charge is 2.16. The lowest BCUT2D eigenvalue weighted by Crippen LogP contribution is -2.22. The van der Waals surface area contributed by atoms with Gasteiger partial charge in [0.2, 0.25) is 0 Å². The maximum absolute atomic E-state index is 14.2. The molecule has 1 unspecified atom stereocenters. The van der Waals surface area contributed by atoms with Crippen molar-refractivity contribution in [2.75, 3.05) is 6.54 Å². The summed E-state index contributed by atoms with van der Waals surface area (Å²) in [4.78, 5) is 4.01. The monoisotopic (exact) mass is 336 g/mol. The Labute approximate surface area is 127 Å². The van der Waals surface area contributed by atoms with Gasteiger partial charge in [0.25, 0.3) is 0 Å². The van der Waals surface area contributed by atoms with Gasteiger partial charge in [-0.3, -0.25) is 4.98 Å². The van der Waals surface area contributed by atoms with Gasteiger partial charge in [-0.1, -0.05) is 19.1 Å². The van der Waals surface area contributed by atoms with Crippen LogP contribution < -0.4 is 5.32 Å². The van der Waals surface area contributed by atoms with Crippen molar-refractivity contribution in [2.24, 2.45) is 0 Å². The summed E-state index contributed by atoms with van der Waals surface area (Å²) in [5.41, 5.74) is 1.94. The molecule has 2 nitrogen and oxygen atoms in total. The first-order chi connectivity index (χ1) is 9.72. The third-order valence-corrected chi connectivity index (χ3v) is 3.89. The summed E-state index contributed by atoms with van der Waals surface area (Å²) in [5, 5.41) is 3.36. The van der Waals surface area contributed by atoms with E-state index in [4.69, 9.17) is 0 Å². The number of halogens is 2. The molecule has 0 aliphatic heterocycles.